The molecule has 3 saturated carbocycles. The number of carbonyl (C=O) groups excluding carboxylic acids is 3. The van der Waals surface area contributed by atoms with E-state index in [0.717, 1.165) is 6.08 Å². The van der Waals surface area contributed by atoms with Crippen molar-refractivity contribution in [3.05, 3.63) is 23.8 Å². The van der Waals surface area contributed by atoms with Gasteiger partial charge in [-0.1, -0.05) is 26.8 Å². The molecule has 0 amide bonds. The Morgan fingerprint density at radius 1 is 1.26 bits per heavy atom. The molecule has 1 N–H and O–H groups in total. The molecule has 0 spiro atoms. The summed E-state index contributed by atoms with van der Waals surface area (Å²) in [5, 5.41) is 10.7. The number of hydrogen-bond acceptors (Lipinski definition) is 6. The van der Waals surface area contributed by atoms with Crippen molar-refractivity contribution in [3.63, 3.8) is 0 Å². The van der Waals surface area contributed by atoms with E-state index >= 15 is 8.78 Å². The van der Waals surface area contributed by atoms with E-state index in [0.29, 0.717) is 11.8 Å². The highest BCUT2D eigenvalue weighted by Gasteiger charge is 2.78. The lowest BCUT2D eigenvalue weighted by atomic mass is 9.44. The van der Waals surface area contributed by atoms with Gasteiger partial charge in [-0.3, -0.25) is 14.4 Å². The van der Waals surface area contributed by atoms with Gasteiger partial charge < -0.3 is 9.84 Å². The van der Waals surface area contributed by atoms with Gasteiger partial charge in [0, 0.05) is 29.1 Å². The van der Waals surface area contributed by atoms with Crippen LogP contribution in [0.5, 0.6) is 0 Å². The molecule has 0 saturated heterocycles. The van der Waals surface area contributed by atoms with E-state index in [1.54, 1.807) is 20.8 Å². The number of ketones is 1. The lowest BCUT2D eigenvalue weighted by Gasteiger charge is -2.63. The van der Waals surface area contributed by atoms with Gasteiger partial charge in [0.25, 0.3) is 0 Å². The maximum Gasteiger partial charge on any atom is 0.306 e. The third-order valence-corrected chi connectivity index (χ3v) is 9.90. The van der Waals surface area contributed by atoms with Crippen LogP contribution in [0.15, 0.2) is 23.8 Å². The first-order valence-electron chi connectivity index (χ1n) is 11.7. The minimum Gasteiger partial charge on any atom is -0.449 e. The summed E-state index contributed by atoms with van der Waals surface area (Å²) in [4.78, 5) is 37.8. The third kappa shape index (κ3) is 3.01. The standard InChI is InChI=1S/C25H31F3O5S/c1-5-20(31)33-25(21(32)34-12-26)13(2)8-15-16-10-18(27)17-9-14(29)6-7-22(17,3)24(16,28)19(30)11-23(15,25)4/h6-7,9,13,15-16,18-19,30H,5,8,10-12H2,1-4H3/t13-,15?,16?,18+,19+,22+,23+,24+,25+/m1/s1. The van der Waals surface area contributed by atoms with E-state index in [-0.39, 0.29) is 31.3 Å². The molecule has 0 aromatic carbocycles. The average Bonchev–Trinajstić information content (AvgIpc) is 2.99. The summed E-state index contributed by atoms with van der Waals surface area (Å²) in [5.41, 5.74) is -6.84. The number of fused-ring (bicyclic) bond motifs is 5. The second-order valence-corrected chi connectivity index (χ2v) is 11.5. The minimum absolute atomic E-state index is 0.0141. The number of thioether (sulfide) groups is 1. The van der Waals surface area contributed by atoms with Gasteiger partial charge in [0.15, 0.2) is 17.1 Å². The van der Waals surface area contributed by atoms with E-state index in [2.05, 4.69) is 0 Å². The van der Waals surface area contributed by atoms with Gasteiger partial charge in [0.05, 0.1) is 6.10 Å². The molecule has 0 aliphatic heterocycles. The largest absolute Gasteiger partial charge is 0.449 e. The summed E-state index contributed by atoms with van der Waals surface area (Å²) in [6.45, 7) is 6.45. The molecule has 0 aromatic heterocycles. The van der Waals surface area contributed by atoms with Gasteiger partial charge in [-0.25, -0.2) is 13.2 Å². The number of aliphatic hydroxyl groups excluding tert-OH is 1. The Morgan fingerprint density at radius 3 is 2.56 bits per heavy atom. The molecule has 4 aliphatic rings. The van der Waals surface area contributed by atoms with Crippen LogP contribution in [0.25, 0.3) is 0 Å². The Bertz CT molecular complexity index is 984. The Hall–Kier alpha value is -1.61. The SMILES string of the molecule is CCC(=O)O[C@]1(C(=O)SCF)[C@H](C)CC2C3C[C@H](F)C4=CC(=O)C=C[C@]4(C)[C@@]3(F)[C@@H](O)C[C@@]21C. The van der Waals surface area contributed by atoms with Crippen molar-refractivity contribution in [1.29, 1.82) is 0 Å². The molecule has 0 bridgehead atoms. The topological polar surface area (TPSA) is 80.7 Å². The molecule has 3 fully saturated rings. The van der Waals surface area contributed by atoms with Crippen LogP contribution in [0.4, 0.5) is 13.2 Å². The van der Waals surface area contributed by atoms with E-state index in [4.69, 9.17) is 4.74 Å². The number of esters is 1. The van der Waals surface area contributed by atoms with E-state index in [1.807, 2.05) is 0 Å². The summed E-state index contributed by atoms with van der Waals surface area (Å²) < 4.78 is 51.8. The molecular weight excluding hydrogens is 469 g/mol. The van der Waals surface area contributed by atoms with Crippen molar-refractivity contribution in [2.45, 2.75) is 76.9 Å². The van der Waals surface area contributed by atoms with Crippen LogP contribution in [-0.4, -0.2) is 51.5 Å². The van der Waals surface area contributed by atoms with Gasteiger partial charge in [0.1, 0.15) is 12.2 Å². The van der Waals surface area contributed by atoms with Crippen molar-refractivity contribution in [1.82, 2.24) is 0 Å². The van der Waals surface area contributed by atoms with Gasteiger partial charge in [-0.05, 0) is 61.6 Å². The highest BCUT2D eigenvalue weighted by Crippen LogP contribution is 2.72. The predicted molar refractivity (Wildman–Crippen MR) is 121 cm³/mol. The third-order valence-electron chi connectivity index (χ3n) is 9.22. The number of rotatable bonds is 4. The van der Waals surface area contributed by atoms with Crippen LogP contribution < -0.4 is 0 Å². The highest BCUT2D eigenvalue weighted by molar-refractivity contribution is 8.13. The molecule has 0 radical (unpaired) electrons. The number of aliphatic hydroxyl groups is 1. The fraction of sp³-hybridized carbons (Fsp3) is 0.720. The Labute approximate surface area is 201 Å². The summed E-state index contributed by atoms with van der Waals surface area (Å²) in [5.74, 6) is -3.30. The maximum absolute atomic E-state index is 17.2. The summed E-state index contributed by atoms with van der Waals surface area (Å²) >= 11 is 0.396. The lowest BCUT2D eigenvalue weighted by molar-refractivity contribution is -0.228. The van der Waals surface area contributed by atoms with Crippen molar-refractivity contribution in [3.8, 4) is 0 Å². The number of carbonyl (C=O) groups is 3. The molecule has 5 nitrogen and oxygen atoms in total. The van der Waals surface area contributed by atoms with Crippen molar-refractivity contribution >= 4 is 28.6 Å². The van der Waals surface area contributed by atoms with E-state index in [9.17, 15) is 23.9 Å². The zero-order valence-corrected chi connectivity index (χ0v) is 20.6. The van der Waals surface area contributed by atoms with Crippen LogP contribution in [0, 0.1) is 28.6 Å². The van der Waals surface area contributed by atoms with Crippen LogP contribution in [-0.2, 0) is 19.1 Å². The van der Waals surface area contributed by atoms with Crippen molar-refractivity contribution in [2.75, 3.05) is 6.01 Å². The van der Waals surface area contributed by atoms with Crippen LogP contribution in [0.1, 0.15) is 53.4 Å². The highest BCUT2D eigenvalue weighted by atomic mass is 32.2. The number of allylic oxidation sites excluding steroid dienone is 4. The molecule has 4 rings (SSSR count). The van der Waals surface area contributed by atoms with Gasteiger partial charge >= 0.3 is 5.97 Å². The van der Waals surface area contributed by atoms with Crippen molar-refractivity contribution < 1.29 is 37.4 Å². The predicted octanol–water partition coefficient (Wildman–Crippen LogP) is 4.43. The zero-order chi connectivity index (χ0) is 25.3. The fourth-order valence-electron chi connectivity index (χ4n) is 7.63. The van der Waals surface area contributed by atoms with E-state index < -0.39 is 75.0 Å². The Kier molecular flexibility index (Phi) is 6.16. The number of hydrogen-bond donors (Lipinski definition) is 1. The maximum atomic E-state index is 17.2. The quantitative estimate of drug-likeness (QED) is 0.576. The lowest BCUT2D eigenvalue weighted by Crippen LogP contribution is -2.70. The summed E-state index contributed by atoms with van der Waals surface area (Å²) in [7, 11) is 0. The second kappa shape index (κ2) is 8.22. The molecule has 9 atom stereocenters. The average molecular weight is 501 g/mol. The molecule has 34 heavy (non-hydrogen) atoms. The Morgan fingerprint density at radius 2 is 1.94 bits per heavy atom. The van der Waals surface area contributed by atoms with Gasteiger partial charge in [0.2, 0.25) is 5.12 Å². The number of ether oxygens (including phenoxy) is 1. The molecule has 0 heterocycles. The number of alkyl halides is 3. The molecule has 2 unspecified atom stereocenters. The molecule has 9 heteroatoms. The summed E-state index contributed by atoms with van der Waals surface area (Å²) in [6.07, 6.45) is 0.160. The van der Waals surface area contributed by atoms with Crippen molar-refractivity contribution in [2.24, 2.45) is 28.6 Å². The van der Waals surface area contributed by atoms with Crippen LogP contribution in [0.2, 0.25) is 0 Å². The van der Waals surface area contributed by atoms with Gasteiger partial charge in [-0.15, -0.1) is 0 Å². The first kappa shape index (κ1) is 25.5. The van der Waals surface area contributed by atoms with Crippen LogP contribution >= 0.6 is 11.8 Å². The molecule has 4 aliphatic carbocycles. The zero-order valence-electron chi connectivity index (χ0n) is 19.8. The second-order valence-electron chi connectivity index (χ2n) is 10.6. The molecule has 188 valence electrons. The normalized spacial score (nSPS) is 47.4. The monoisotopic (exact) mass is 500 g/mol. The first-order chi connectivity index (χ1) is 15.8. The molecule has 0 aromatic rings. The smallest absolute Gasteiger partial charge is 0.306 e. The summed E-state index contributed by atoms with van der Waals surface area (Å²) in [6, 6.07) is -1.02. The van der Waals surface area contributed by atoms with Crippen LogP contribution in [0.3, 0.4) is 0 Å². The first-order valence-corrected chi connectivity index (χ1v) is 12.7. The molecular formula is C25H31F3O5S. The number of halogens is 3. The Balaban J connectivity index is 1.87. The van der Waals surface area contributed by atoms with Gasteiger partial charge in [-0.2, -0.15) is 0 Å². The minimum atomic E-state index is -2.30. The van der Waals surface area contributed by atoms with E-state index in [1.165, 1.54) is 19.1 Å². The fourth-order valence-corrected chi connectivity index (χ4v) is 8.42.